The molecule has 0 unspecified atom stereocenters. The van der Waals surface area contributed by atoms with Gasteiger partial charge in [-0.05, 0) is 50.3 Å². The number of thiophene rings is 1. The van der Waals surface area contributed by atoms with Crippen molar-refractivity contribution in [2.75, 3.05) is 39.8 Å². The molecule has 0 saturated carbocycles. The molecule has 33 heavy (non-hydrogen) atoms. The van der Waals surface area contributed by atoms with Gasteiger partial charge in [-0.1, -0.05) is 0 Å². The van der Waals surface area contributed by atoms with Gasteiger partial charge in [0.15, 0.2) is 11.5 Å². The SMILES string of the molecule is CCOC(=O)c1c(NC(=O)CNC(=O)c2cc(OC)c(OC)c(OC)c2)sc2c1CCCC2. The highest BCUT2D eigenvalue weighted by Crippen LogP contribution is 2.39. The average molecular weight is 477 g/mol. The minimum atomic E-state index is -0.486. The molecule has 0 fully saturated rings. The number of amides is 2. The zero-order valence-corrected chi connectivity index (χ0v) is 20.0. The lowest BCUT2D eigenvalue weighted by Crippen LogP contribution is -2.33. The van der Waals surface area contributed by atoms with Crippen molar-refractivity contribution in [2.24, 2.45) is 0 Å². The molecule has 10 heteroatoms. The molecule has 178 valence electrons. The first-order valence-electron chi connectivity index (χ1n) is 10.6. The molecule has 9 nitrogen and oxygen atoms in total. The Morgan fingerprint density at radius 2 is 1.67 bits per heavy atom. The minimum Gasteiger partial charge on any atom is -0.493 e. The Bertz CT molecular complexity index is 1020. The first kappa shape index (κ1) is 24.4. The quantitative estimate of drug-likeness (QED) is 0.535. The number of benzene rings is 1. The molecular weight excluding hydrogens is 448 g/mol. The van der Waals surface area contributed by atoms with E-state index in [2.05, 4.69) is 10.6 Å². The molecule has 1 heterocycles. The van der Waals surface area contributed by atoms with E-state index >= 15 is 0 Å². The number of hydrogen-bond acceptors (Lipinski definition) is 8. The molecule has 2 aromatic rings. The van der Waals surface area contributed by atoms with Crippen molar-refractivity contribution < 1.29 is 33.3 Å². The van der Waals surface area contributed by atoms with Crippen molar-refractivity contribution in [3.8, 4) is 17.2 Å². The summed E-state index contributed by atoms with van der Waals surface area (Å²) in [7, 11) is 4.37. The van der Waals surface area contributed by atoms with E-state index in [4.69, 9.17) is 18.9 Å². The van der Waals surface area contributed by atoms with Crippen LogP contribution in [0.1, 0.15) is 50.9 Å². The second-order valence-corrected chi connectivity index (χ2v) is 8.39. The van der Waals surface area contributed by atoms with E-state index in [0.29, 0.717) is 27.8 Å². The lowest BCUT2D eigenvalue weighted by atomic mass is 9.95. The Balaban J connectivity index is 1.72. The van der Waals surface area contributed by atoms with Crippen LogP contribution in [0.25, 0.3) is 0 Å². The van der Waals surface area contributed by atoms with Crippen LogP contribution in [-0.2, 0) is 22.4 Å². The molecule has 2 amide bonds. The van der Waals surface area contributed by atoms with E-state index in [0.717, 1.165) is 36.1 Å². The highest BCUT2D eigenvalue weighted by Gasteiger charge is 2.27. The number of hydrogen-bond donors (Lipinski definition) is 2. The zero-order chi connectivity index (χ0) is 24.0. The van der Waals surface area contributed by atoms with Gasteiger partial charge in [-0.2, -0.15) is 0 Å². The number of carbonyl (C=O) groups is 3. The number of carbonyl (C=O) groups excluding carboxylic acids is 3. The van der Waals surface area contributed by atoms with Crippen LogP contribution < -0.4 is 24.8 Å². The molecule has 0 radical (unpaired) electrons. The minimum absolute atomic E-state index is 0.246. The van der Waals surface area contributed by atoms with Crippen LogP contribution in [0.5, 0.6) is 17.2 Å². The van der Waals surface area contributed by atoms with E-state index in [1.54, 1.807) is 6.92 Å². The summed E-state index contributed by atoms with van der Waals surface area (Å²) in [5.74, 6) is -0.346. The van der Waals surface area contributed by atoms with Gasteiger partial charge in [0, 0.05) is 10.4 Å². The Morgan fingerprint density at radius 1 is 1.00 bits per heavy atom. The third-order valence-corrected chi connectivity index (χ3v) is 6.45. The molecule has 3 rings (SSSR count). The fourth-order valence-electron chi connectivity index (χ4n) is 3.72. The second-order valence-electron chi connectivity index (χ2n) is 7.28. The molecule has 0 saturated heterocycles. The summed E-state index contributed by atoms with van der Waals surface area (Å²) >= 11 is 1.40. The molecule has 0 spiro atoms. The van der Waals surface area contributed by atoms with Crippen LogP contribution in [0, 0.1) is 0 Å². The van der Waals surface area contributed by atoms with Gasteiger partial charge in [0.05, 0.1) is 40.0 Å². The predicted molar refractivity (Wildman–Crippen MR) is 124 cm³/mol. The number of anilines is 1. The predicted octanol–water partition coefficient (Wildman–Crippen LogP) is 3.20. The van der Waals surface area contributed by atoms with Gasteiger partial charge in [0.1, 0.15) is 5.00 Å². The fourth-order valence-corrected chi connectivity index (χ4v) is 5.01. The summed E-state index contributed by atoms with van der Waals surface area (Å²) in [5.41, 5.74) is 1.64. The van der Waals surface area contributed by atoms with E-state index in [9.17, 15) is 14.4 Å². The van der Waals surface area contributed by atoms with E-state index in [-0.39, 0.29) is 18.7 Å². The number of fused-ring (bicyclic) bond motifs is 1. The summed E-state index contributed by atoms with van der Waals surface area (Å²) in [6, 6.07) is 3.00. The van der Waals surface area contributed by atoms with E-state index in [1.165, 1.54) is 44.8 Å². The number of aryl methyl sites for hydroxylation is 1. The Kier molecular flexibility index (Phi) is 8.16. The van der Waals surface area contributed by atoms with Crippen LogP contribution >= 0.6 is 11.3 Å². The third-order valence-electron chi connectivity index (χ3n) is 5.24. The maximum absolute atomic E-state index is 12.6. The van der Waals surface area contributed by atoms with Gasteiger partial charge in [-0.25, -0.2) is 4.79 Å². The van der Waals surface area contributed by atoms with Crippen molar-refractivity contribution in [2.45, 2.75) is 32.6 Å². The van der Waals surface area contributed by atoms with E-state index in [1.807, 2.05) is 0 Å². The van der Waals surface area contributed by atoms with Crippen LogP contribution in [0.3, 0.4) is 0 Å². The van der Waals surface area contributed by atoms with Crippen molar-refractivity contribution in [3.63, 3.8) is 0 Å². The Labute approximate surface area is 196 Å². The van der Waals surface area contributed by atoms with Gasteiger partial charge in [0.2, 0.25) is 11.7 Å². The molecule has 0 atom stereocenters. The molecule has 0 bridgehead atoms. The van der Waals surface area contributed by atoms with Crippen LogP contribution in [0.15, 0.2) is 12.1 Å². The Hall–Kier alpha value is -3.27. The smallest absolute Gasteiger partial charge is 0.341 e. The Morgan fingerprint density at radius 3 is 2.27 bits per heavy atom. The highest BCUT2D eigenvalue weighted by atomic mass is 32.1. The standard InChI is InChI=1S/C23H28N2O7S/c1-5-32-23(28)19-14-8-6-7-9-17(14)33-22(19)25-18(26)12-24-21(27)13-10-15(29-2)20(31-4)16(11-13)30-3/h10-11H,5-9,12H2,1-4H3,(H,24,27)(H,25,26). The lowest BCUT2D eigenvalue weighted by Gasteiger charge is -2.14. The molecule has 2 N–H and O–H groups in total. The summed E-state index contributed by atoms with van der Waals surface area (Å²) < 4.78 is 21.0. The maximum atomic E-state index is 12.6. The maximum Gasteiger partial charge on any atom is 0.341 e. The van der Waals surface area contributed by atoms with Crippen molar-refractivity contribution in [3.05, 3.63) is 33.7 Å². The van der Waals surface area contributed by atoms with E-state index < -0.39 is 17.8 Å². The highest BCUT2D eigenvalue weighted by molar-refractivity contribution is 7.17. The van der Waals surface area contributed by atoms with Crippen LogP contribution in [0.4, 0.5) is 5.00 Å². The summed E-state index contributed by atoms with van der Waals surface area (Å²) in [5, 5.41) is 5.82. The molecule has 1 aliphatic rings. The lowest BCUT2D eigenvalue weighted by molar-refractivity contribution is -0.115. The van der Waals surface area contributed by atoms with Crippen LogP contribution in [-0.4, -0.2) is 52.3 Å². The van der Waals surface area contributed by atoms with Crippen molar-refractivity contribution in [1.82, 2.24) is 5.32 Å². The first-order valence-corrected chi connectivity index (χ1v) is 11.4. The molecular formula is C23H28N2O7S. The van der Waals surface area contributed by atoms with Gasteiger partial charge < -0.3 is 29.6 Å². The van der Waals surface area contributed by atoms with Gasteiger partial charge in [-0.3, -0.25) is 9.59 Å². The van der Waals surface area contributed by atoms with Gasteiger partial charge in [0.25, 0.3) is 5.91 Å². The summed E-state index contributed by atoms with van der Waals surface area (Å²) in [6.07, 6.45) is 3.70. The first-order chi connectivity index (χ1) is 15.9. The largest absolute Gasteiger partial charge is 0.493 e. The monoisotopic (exact) mass is 476 g/mol. The summed E-state index contributed by atoms with van der Waals surface area (Å²) in [6.45, 7) is 1.72. The van der Waals surface area contributed by atoms with Gasteiger partial charge >= 0.3 is 5.97 Å². The fraction of sp³-hybridized carbons (Fsp3) is 0.435. The number of ether oxygens (including phenoxy) is 4. The molecule has 1 aliphatic carbocycles. The van der Waals surface area contributed by atoms with Crippen molar-refractivity contribution in [1.29, 1.82) is 0 Å². The molecule has 1 aromatic heterocycles. The summed E-state index contributed by atoms with van der Waals surface area (Å²) in [4.78, 5) is 38.9. The normalized spacial score (nSPS) is 12.4. The number of esters is 1. The average Bonchev–Trinajstić information content (AvgIpc) is 3.19. The number of nitrogens with one attached hydrogen (secondary N) is 2. The topological polar surface area (TPSA) is 112 Å². The molecule has 1 aromatic carbocycles. The number of rotatable bonds is 9. The molecule has 0 aliphatic heterocycles. The zero-order valence-electron chi connectivity index (χ0n) is 19.2. The van der Waals surface area contributed by atoms with Crippen molar-refractivity contribution >= 4 is 34.1 Å². The third kappa shape index (κ3) is 5.39. The van der Waals surface area contributed by atoms with Crippen LogP contribution in [0.2, 0.25) is 0 Å². The second kappa shape index (κ2) is 11.0. The van der Waals surface area contributed by atoms with Gasteiger partial charge in [-0.15, -0.1) is 11.3 Å². The number of methoxy groups -OCH3 is 3.